The third-order valence-corrected chi connectivity index (χ3v) is 7.17. The van der Waals surface area contributed by atoms with Crippen LogP contribution in [0, 0.1) is 0 Å². The molecule has 3 rings (SSSR count). The number of methoxy groups -OCH3 is 1. The topological polar surface area (TPSA) is 95.4 Å². The second-order valence-electron chi connectivity index (χ2n) is 5.99. The van der Waals surface area contributed by atoms with E-state index in [9.17, 15) is 8.42 Å². The molecule has 24 heavy (non-hydrogen) atoms. The Morgan fingerprint density at radius 3 is 2.21 bits per heavy atom. The number of rotatable bonds is 5. The van der Waals surface area contributed by atoms with Crippen molar-refractivity contribution in [1.82, 2.24) is 0 Å². The van der Waals surface area contributed by atoms with Gasteiger partial charge >= 0.3 is 0 Å². The molecule has 0 bridgehead atoms. The highest BCUT2D eigenvalue weighted by molar-refractivity contribution is 7.92. The van der Waals surface area contributed by atoms with Gasteiger partial charge in [0.25, 0.3) is 0 Å². The lowest BCUT2D eigenvalue weighted by Gasteiger charge is -2.09. The summed E-state index contributed by atoms with van der Waals surface area (Å²) in [6.07, 6.45) is 0. The second-order valence-corrected chi connectivity index (χ2v) is 8.49. The van der Waals surface area contributed by atoms with Crippen molar-refractivity contribution in [2.45, 2.75) is 21.6 Å². The second kappa shape index (κ2) is 6.04. The molecule has 0 unspecified atom stereocenters. The fourth-order valence-electron chi connectivity index (χ4n) is 3.20. The first-order valence-corrected chi connectivity index (χ1v) is 9.39. The molecule has 3 atom stereocenters. The first kappa shape index (κ1) is 17.2. The van der Waals surface area contributed by atoms with Crippen LogP contribution in [0.4, 0.5) is 0 Å². The number of sulfone groups is 1. The van der Waals surface area contributed by atoms with E-state index in [2.05, 4.69) is 0 Å². The Balaban J connectivity index is 1.98. The molecule has 0 amide bonds. The number of hydrogen-bond donors (Lipinski definition) is 2. The molecule has 128 valence electrons. The summed E-state index contributed by atoms with van der Waals surface area (Å²) in [7, 11) is -2.03. The van der Waals surface area contributed by atoms with Gasteiger partial charge in [0, 0.05) is 17.5 Å². The molecule has 1 saturated carbocycles. The van der Waals surface area contributed by atoms with Gasteiger partial charge in [0.1, 0.15) is 5.75 Å². The Morgan fingerprint density at radius 1 is 1.12 bits per heavy atom. The van der Waals surface area contributed by atoms with Crippen LogP contribution < -0.4 is 16.2 Å². The monoisotopic (exact) mass is 366 g/mol. The van der Waals surface area contributed by atoms with E-state index in [1.807, 2.05) is 12.1 Å². The van der Waals surface area contributed by atoms with Gasteiger partial charge in [-0.3, -0.25) is 0 Å². The highest BCUT2D eigenvalue weighted by atomic mass is 35.5. The molecule has 1 aliphatic carbocycles. The maximum Gasteiger partial charge on any atom is 0.183 e. The van der Waals surface area contributed by atoms with Gasteiger partial charge in [0.2, 0.25) is 0 Å². The predicted molar refractivity (Wildman–Crippen MR) is 94.1 cm³/mol. The van der Waals surface area contributed by atoms with Crippen LogP contribution in [-0.2, 0) is 9.84 Å². The quantitative estimate of drug-likeness (QED) is 0.843. The van der Waals surface area contributed by atoms with Crippen molar-refractivity contribution in [2.24, 2.45) is 11.5 Å². The molecule has 0 spiro atoms. The summed E-state index contributed by atoms with van der Waals surface area (Å²) in [6, 6.07) is 13.3. The molecule has 4 N–H and O–H groups in total. The predicted octanol–water partition coefficient (Wildman–Crippen LogP) is 1.94. The molecular weight excluding hydrogens is 348 g/mol. The van der Waals surface area contributed by atoms with Crippen LogP contribution in [0.15, 0.2) is 53.4 Å². The lowest BCUT2D eigenvalue weighted by Crippen LogP contribution is -2.39. The van der Waals surface area contributed by atoms with E-state index < -0.39 is 20.6 Å². The van der Waals surface area contributed by atoms with E-state index in [1.165, 1.54) is 12.1 Å². The Kier molecular flexibility index (Phi) is 4.34. The third-order valence-electron chi connectivity index (χ3n) is 4.61. The zero-order valence-corrected chi connectivity index (χ0v) is 14.7. The average molecular weight is 367 g/mol. The number of hydrogen-bond acceptors (Lipinski definition) is 5. The Labute approximate surface area is 146 Å². The van der Waals surface area contributed by atoms with Gasteiger partial charge in [-0.05, 0) is 42.0 Å². The molecule has 1 aliphatic rings. The third kappa shape index (κ3) is 2.69. The molecule has 0 heterocycles. The van der Waals surface area contributed by atoms with Crippen molar-refractivity contribution >= 4 is 21.4 Å². The van der Waals surface area contributed by atoms with E-state index in [1.54, 1.807) is 31.4 Å². The lowest BCUT2D eigenvalue weighted by atomic mass is 10.1. The van der Waals surface area contributed by atoms with Crippen LogP contribution in [0.1, 0.15) is 11.5 Å². The summed E-state index contributed by atoms with van der Waals surface area (Å²) in [4.78, 5) is 0.205. The summed E-state index contributed by atoms with van der Waals surface area (Å²) in [6.45, 7) is 0.0845. The number of benzene rings is 2. The minimum atomic E-state index is -3.61. The molecule has 7 heteroatoms. The van der Waals surface area contributed by atoms with Crippen LogP contribution in [0.2, 0.25) is 5.02 Å². The maximum atomic E-state index is 13.0. The zero-order chi connectivity index (χ0) is 17.5. The van der Waals surface area contributed by atoms with Gasteiger partial charge in [0.15, 0.2) is 9.84 Å². The van der Waals surface area contributed by atoms with Crippen molar-refractivity contribution < 1.29 is 13.2 Å². The zero-order valence-electron chi connectivity index (χ0n) is 13.1. The van der Waals surface area contributed by atoms with Crippen molar-refractivity contribution in [1.29, 1.82) is 0 Å². The van der Waals surface area contributed by atoms with E-state index in [4.69, 9.17) is 27.8 Å². The average Bonchev–Trinajstić information content (AvgIpc) is 3.23. The van der Waals surface area contributed by atoms with Crippen molar-refractivity contribution in [2.75, 3.05) is 13.7 Å². The fourth-order valence-corrected chi connectivity index (χ4v) is 5.65. The first-order valence-electron chi connectivity index (χ1n) is 7.47. The van der Waals surface area contributed by atoms with Gasteiger partial charge in [-0.25, -0.2) is 8.42 Å². The molecule has 0 radical (unpaired) electrons. The van der Waals surface area contributed by atoms with Gasteiger partial charge in [-0.2, -0.15) is 0 Å². The fraction of sp³-hybridized carbons (Fsp3) is 0.294. The summed E-state index contributed by atoms with van der Waals surface area (Å²) in [5.74, 6) is 0.348. The summed E-state index contributed by atoms with van der Waals surface area (Å²) in [5, 5.41) is -0.279. The minimum Gasteiger partial charge on any atom is -0.497 e. The molecule has 1 fully saturated rings. The lowest BCUT2D eigenvalue weighted by molar-refractivity contribution is 0.414. The SMILES string of the molecule is COc1ccc([C@@H]2[C@@H](S(=O)(=O)c3ccc(Cl)cc3)[C@]2(N)CN)cc1. The van der Waals surface area contributed by atoms with E-state index in [0.717, 1.165) is 5.56 Å². The number of halogens is 1. The Bertz CT molecular complexity index is 837. The number of nitrogens with two attached hydrogens (primary N) is 2. The summed E-state index contributed by atoms with van der Waals surface area (Å²) in [5.41, 5.74) is 12.0. The van der Waals surface area contributed by atoms with Gasteiger partial charge in [-0.15, -0.1) is 0 Å². The van der Waals surface area contributed by atoms with Gasteiger partial charge < -0.3 is 16.2 Å². The van der Waals surface area contributed by atoms with Crippen LogP contribution >= 0.6 is 11.6 Å². The van der Waals surface area contributed by atoms with Crippen molar-refractivity contribution in [3.63, 3.8) is 0 Å². The minimum absolute atomic E-state index is 0.0845. The van der Waals surface area contributed by atoms with Crippen molar-refractivity contribution in [3.05, 3.63) is 59.1 Å². The first-order chi connectivity index (χ1) is 11.3. The van der Waals surface area contributed by atoms with Crippen LogP contribution in [0.25, 0.3) is 0 Å². The van der Waals surface area contributed by atoms with Crippen molar-refractivity contribution in [3.8, 4) is 5.75 Å². The summed E-state index contributed by atoms with van der Waals surface area (Å²) >= 11 is 5.84. The normalized spacial score (nSPS) is 26.2. The van der Waals surface area contributed by atoms with Gasteiger partial charge in [0.05, 0.1) is 22.8 Å². The summed E-state index contributed by atoms with van der Waals surface area (Å²) < 4.78 is 31.1. The molecule has 0 aliphatic heterocycles. The molecule has 5 nitrogen and oxygen atoms in total. The largest absolute Gasteiger partial charge is 0.497 e. The molecule has 0 aromatic heterocycles. The Hall–Kier alpha value is -1.60. The smallest absolute Gasteiger partial charge is 0.183 e. The van der Waals surface area contributed by atoms with Crippen LogP contribution in [0.5, 0.6) is 5.75 Å². The molecule has 0 saturated heterocycles. The molecule has 2 aromatic rings. The van der Waals surface area contributed by atoms with Crippen LogP contribution in [0.3, 0.4) is 0 Å². The van der Waals surface area contributed by atoms with E-state index >= 15 is 0 Å². The standard InChI is InChI=1S/C17H19ClN2O3S/c1-23-13-6-2-11(3-7-13)15-16(17(15,20)10-19)24(21,22)14-8-4-12(18)5-9-14/h2-9,15-16H,10,19-20H2,1H3/t15-,16-,17+/m1/s1. The van der Waals surface area contributed by atoms with E-state index in [-0.39, 0.29) is 17.4 Å². The maximum absolute atomic E-state index is 13.0. The highest BCUT2D eigenvalue weighted by Gasteiger charge is 2.68. The Morgan fingerprint density at radius 2 is 1.71 bits per heavy atom. The molecular formula is C17H19ClN2O3S. The highest BCUT2D eigenvalue weighted by Crippen LogP contribution is 2.55. The molecule has 2 aromatic carbocycles. The van der Waals surface area contributed by atoms with Gasteiger partial charge in [-0.1, -0.05) is 23.7 Å². The number of ether oxygens (including phenoxy) is 1. The van der Waals surface area contributed by atoms with Crippen LogP contribution in [-0.4, -0.2) is 32.9 Å². The van der Waals surface area contributed by atoms with E-state index in [0.29, 0.717) is 10.8 Å².